The number of nitrogens with zero attached hydrogens (tertiary/aromatic N) is 4. The number of hydrogen-bond acceptors (Lipinski definition) is 5. The van der Waals surface area contributed by atoms with E-state index in [0.717, 1.165) is 9.36 Å². The van der Waals surface area contributed by atoms with Crippen LogP contribution in [0, 0.1) is 5.82 Å². The van der Waals surface area contributed by atoms with Crippen molar-refractivity contribution < 1.29 is 18.7 Å². The molecule has 9 nitrogen and oxygen atoms in total. The summed E-state index contributed by atoms with van der Waals surface area (Å²) in [7, 11) is 1.56. The fourth-order valence-corrected chi connectivity index (χ4v) is 2.68. The second kappa shape index (κ2) is 7.48. The van der Waals surface area contributed by atoms with Crippen LogP contribution in [0.15, 0.2) is 29.1 Å². The van der Waals surface area contributed by atoms with E-state index in [0.29, 0.717) is 25.3 Å². The lowest BCUT2D eigenvalue weighted by Gasteiger charge is -2.15. The SMILES string of the molecule is COCCCNC(=O)Cn1c(=O)nc2n1C(=O)N(c1ccc(F)cc1)C2. The van der Waals surface area contributed by atoms with Gasteiger partial charge in [0.15, 0.2) is 5.82 Å². The van der Waals surface area contributed by atoms with Crippen molar-refractivity contribution in [2.45, 2.75) is 19.5 Å². The summed E-state index contributed by atoms with van der Waals surface area (Å²) >= 11 is 0. The molecule has 2 aromatic rings. The Hall–Kier alpha value is -3.01. The summed E-state index contributed by atoms with van der Waals surface area (Å²) in [6.07, 6.45) is 0.638. The van der Waals surface area contributed by atoms with Crippen LogP contribution in [0.5, 0.6) is 0 Å². The predicted octanol–water partition coefficient (Wildman–Crippen LogP) is 0.325. The maximum absolute atomic E-state index is 13.1. The van der Waals surface area contributed by atoms with Crippen molar-refractivity contribution in [3.05, 3.63) is 46.4 Å². The molecule has 0 bridgehead atoms. The summed E-state index contributed by atoms with van der Waals surface area (Å²) in [5, 5.41) is 2.65. The third kappa shape index (κ3) is 3.49. The molecule has 0 fully saturated rings. The minimum absolute atomic E-state index is 0.0716. The summed E-state index contributed by atoms with van der Waals surface area (Å²) in [5.74, 6) is -0.587. The molecular formula is C16H18FN5O4. The second-order valence-corrected chi connectivity index (χ2v) is 5.72. The first kappa shape index (κ1) is 17.8. The van der Waals surface area contributed by atoms with Crippen LogP contribution >= 0.6 is 0 Å². The normalized spacial score (nSPS) is 13.2. The van der Waals surface area contributed by atoms with Gasteiger partial charge in [-0.25, -0.2) is 18.7 Å². The highest BCUT2D eigenvalue weighted by molar-refractivity contribution is 5.95. The lowest BCUT2D eigenvalue weighted by atomic mass is 10.3. The first-order chi connectivity index (χ1) is 12.5. The van der Waals surface area contributed by atoms with Crippen molar-refractivity contribution in [3.8, 4) is 0 Å². The Kier molecular flexibility index (Phi) is 5.12. The molecule has 1 aromatic carbocycles. The molecule has 1 aliphatic rings. The summed E-state index contributed by atoms with van der Waals surface area (Å²) in [4.78, 5) is 41.8. The van der Waals surface area contributed by atoms with Crippen molar-refractivity contribution in [2.24, 2.45) is 0 Å². The van der Waals surface area contributed by atoms with E-state index in [1.165, 1.54) is 29.2 Å². The van der Waals surface area contributed by atoms with Crippen molar-refractivity contribution in [1.82, 2.24) is 19.7 Å². The van der Waals surface area contributed by atoms with Gasteiger partial charge in [0.25, 0.3) is 0 Å². The zero-order chi connectivity index (χ0) is 18.7. The number of hydrogen-bond donors (Lipinski definition) is 1. The molecule has 10 heteroatoms. The molecule has 2 heterocycles. The van der Waals surface area contributed by atoms with Gasteiger partial charge in [0.1, 0.15) is 12.4 Å². The quantitative estimate of drug-likeness (QED) is 0.715. The Labute approximate surface area is 148 Å². The number of ether oxygens (including phenoxy) is 1. The van der Waals surface area contributed by atoms with Gasteiger partial charge >= 0.3 is 11.7 Å². The lowest BCUT2D eigenvalue weighted by Crippen LogP contribution is -2.38. The average Bonchev–Trinajstić information content (AvgIpc) is 3.09. The highest BCUT2D eigenvalue weighted by Crippen LogP contribution is 2.22. The van der Waals surface area contributed by atoms with Crippen LogP contribution in [-0.2, 0) is 22.6 Å². The highest BCUT2D eigenvalue weighted by Gasteiger charge is 2.33. The summed E-state index contributed by atoms with van der Waals surface area (Å²) in [6, 6.07) is 4.89. The number of methoxy groups -OCH3 is 1. The zero-order valence-electron chi connectivity index (χ0n) is 14.1. The number of amides is 2. The van der Waals surface area contributed by atoms with Crippen LogP contribution in [-0.4, -0.2) is 46.5 Å². The Balaban J connectivity index is 1.74. The highest BCUT2D eigenvalue weighted by atomic mass is 19.1. The van der Waals surface area contributed by atoms with Crippen molar-refractivity contribution in [2.75, 3.05) is 25.2 Å². The molecule has 0 spiro atoms. The predicted molar refractivity (Wildman–Crippen MR) is 89.4 cm³/mol. The fraction of sp³-hybridized carbons (Fsp3) is 0.375. The lowest BCUT2D eigenvalue weighted by molar-refractivity contribution is -0.122. The molecule has 0 radical (unpaired) electrons. The molecule has 3 rings (SSSR count). The number of aromatic nitrogens is 3. The largest absolute Gasteiger partial charge is 0.385 e. The van der Waals surface area contributed by atoms with E-state index in [-0.39, 0.29) is 18.9 Å². The summed E-state index contributed by atoms with van der Waals surface area (Å²) in [6.45, 7) is 0.662. The fourth-order valence-electron chi connectivity index (χ4n) is 2.68. The average molecular weight is 363 g/mol. The van der Waals surface area contributed by atoms with Gasteiger partial charge < -0.3 is 10.1 Å². The van der Waals surface area contributed by atoms with Gasteiger partial charge in [-0.05, 0) is 30.7 Å². The molecule has 1 N–H and O–H groups in total. The van der Waals surface area contributed by atoms with Gasteiger partial charge in [-0.2, -0.15) is 9.67 Å². The maximum Gasteiger partial charge on any atom is 0.365 e. The summed E-state index contributed by atoms with van der Waals surface area (Å²) < 4.78 is 20.0. The topological polar surface area (TPSA) is 98.5 Å². The van der Waals surface area contributed by atoms with E-state index in [9.17, 15) is 18.8 Å². The first-order valence-electron chi connectivity index (χ1n) is 8.03. The number of rotatable bonds is 7. The van der Waals surface area contributed by atoms with E-state index in [1.54, 1.807) is 7.11 Å². The van der Waals surface area contributed by atoms with Crippen LogP contribution in [0.4, 0.5) is 14.9 Å². The van der Waals surface area contributed by atoms with Crippen molar-refractivity contribution >= 4 is 17.6 Å². The van der Waals surface area contributed by atoms with Gasteiger partial charge in [0, 0.05) is 25.9 Å². The molecule has 0 saturated carbocycles. The number of halogens is 1. The second-order valence-electron chi connectivity index (χ2n) is 5.72. The molecular weight excluding hydrogens is 345 g/mol. The summed E-state index contributed by atoms with van der Waals surface area (Å²) in [5.41, 5.74) is -0.191. The van der Waals surface area contributed by atoms with Gasteiger partial charge in [-0.15, -0.1) is 0 Å². The standard InChI is InChI=1S/C16H18FN5O4/c1-26-8-2-7-18-14(23)10-21-15(24)19-13-9-20(16(25)22(13)21)12-5-3-11(17)4-6-12/h3-6H,2,7-10H2,1H3,(H,18,23). The van der Waals surface area contributed by atoms with Crippen molar-refractivity contribution in [3.63, 3.8) is 0 Å². The molecule has 26 heavy (non-hydrogen) atoms. The van der Waals surface area contributed by atoms with E-state index in [4.69, 9.17) is 4.74 Å². The number of carbonyl (C=O) groups is 2. The van der Waals surface area contributed by atoms with Gasteiger partial charge in [0.05, 0.1) is 6.54 Å². The Morgan fingerprint density at radius 1 is 1.31 bits per heavy atom. The zero-order valence-corrected chi connectivity index (χ0v) is 14.1. The molecule has 1 aromatic heterocycles. The van der Waals surface area contributed by atoms with Gasteiger partial charge in [0.2, 0.25) is 5.91 Å². The smallest absolute Gasteiger partial charge is 0.365 e. The molecule has 2 amide bonds. The molecule has 1 aliphatic heterocycles. The Morgan fingerprint density at radius 3 is 2.73 bits per heavy atom. The van der Waals surface area contributed by atoms with Crippen LogP contribution in [0.3, 0.4) is 0 Å². The molecule has 138 valence electrons. The first-order valence-corrected chi connectivity index (χ1v) is 8.03. The van der Waals surface area contributed by atoms with Crippen LogP contribution in [0.25, 0.3) is 0 Å². The molecule has 0 aliphatic carbocycles. The Morgan fingerprint density at radius 2 is 2.04 bits per heavy atom. The van der Waals surface area contributed by atoms with Gasteiger partial charge in [-0.1, -0.05) is 0 Å². The van der Waals surface area contributed by atoms with Crippen LogP contribution in [0.2, 0.25) is 0 Å². The van der Waals surface area contributed by atoms with Crippen LogP contribution < -0.4 is 15.9 Å². The number of anilines is 1. The monoisotopic (exact) mass is 363 g/mol. The number of fused-ring (bicyclic) bond motifs is 1. The third-order valence-electron chi connectivity index (χ3n) is 3.92. The van der Waals surface area contributed by atoms with E-state index in [2.05, 4.69) is 10.3 Å². The number of nitrogens with one attached hydrogen (secondary N) is 1. The Bertz CT molecular complexity index is 874. The number of benzene rings is 1. The van der Waals surface area contributed by atoms with Gasteiger partial charge in [-0.3, -0.25) is 9.69 Å². The van der Waals surface area contributed by atoms with Crippen molar-refractivity contribution in [1.29, 1.82) is 0 Å². The van der Waals surface area contributed by atoms with E-state index < -0.39 is 23.4 Å². The molecule has 0 atom stereocenters. The minimum atomic E-state index is -0.667. The maximum atomic E-state index is 13.1. The van der Waals surface area contributed by atoms with E-state index in [1.807, 2.05) is 0 Å². The van der Waals surface area contributed by atoms with Crippen LogP contribution in [0.1, 0.15) is 12.2 Å². The molecule has 0 saturated heterocycles. The minimum Gasteiger partial charge on any atom is -0.385 e. The van der Waals surface area contributed by atoms with E-state index >= 15 is 0 Å². The number of carbonyl (C=O) groups excluding carboxylic acids is 2. The molecule has 0 unspecified atom stereocenters. The third-order valence-corrected chi connectivity index (χ3v) is 3.92.